The maximum atomic E-state index is 13.1. The molecule has 3 heterocycles. The Morgan fingerprint density at radius 3 is 2.60 bits per heavy atom. The predicted molar refractivity (Wildman–Crippen MR) is 98.1 cm³/mol. The Balaban J connectivity index is 1.76. The van der Waals surface area contributed by atoms with Gasteiger partial charge in [-0.2, -0.15) is 0 Å². The number of halogens is 1. The van der Waals surface area contributed by atoms with Crippen LogP contribution in [0.4, 0.5) is 5.82 Å². The fourth-order valence-electron chi connectivity index (χ4n) is 3.80. The molecule has 2 aliphatic heterocycles. The number of benzene rings is 1. The summed E-state index contributed by atoms with van der Waals surface area (Å²) < 4.78 is 0. The lowest BCUT2D eigenvalue weighted by Gasteiger charge is -2.34. The van der Waals surface area contributed by atoms with Gasteiger partial charge in [-0.25, -0.2) is 9.97 Å². The number of hydrogen-bond acceptors (Lipinski definition) is 4. The first-order chi connectivity index (χ1) is 12.0. The summed E-state index contributed by atoms with van der Waals surface area (Å²) in [6.07, 6.45) is 1.19. The van der Waals surface area contributed by atoms with Crippen LogP contribution in [0, 0.1) is 6.92 Å². The second-order valence-corrected chi connectivity index (χ2v) is 7.25. The molecule has 4 rings (SSSR count). The largest absolute Gasteiger partial charge is 0.356 e. The van der Waals surface area contributed by atoms with Gasteiger partial charge >= 0.3 is 0 Å². The highest BCUT2D eigenvalue weighted by atomic mass is 35.5. The molecule has 0 radical (unpaired) electrons. The average Bonchev–Trinajstić information content (AvgIpc) is 2.76. The minimum atomic E-state index is -0.0850. The molecule has 2 aromatic rings. The summed E-state index contributed by atoms with van der Waals surface area (Å²) in [7, 11) is 0. The van der Waals surface area contributed by atoms with Crippen molar-refractivity contribution < 1.29 is 4.79 Å². The van der Waals surface area contributed by atoms with E-state index in [1.807, 2.05) is 30.9 Å². The molecule has 6 heteroatoms. The van der Waals surface area contributed by atoms with Crippen molar-refractivity contribution in [2.75, 3.05) is 18.0 Å². The van der Waals surface area contributed by atoms with Crippen molar-refractivity contribution in [1.82, 2.24) is 14.9 Å². The van der Waals surface area contributed by atoms with Gasteiger partial charge in [0.25, 0.3) is 5.91 Å². The molecule has 2 atom stereocenters. The Morgan fingerprint density at radius 2 is 1.96 bits per heavy atom. The van der Waals surface area contributed by atoms with Gasteiger partial charge in [0, 0.05) is 29.2 Å². The third-order valence-electron chi connectivity index (χ3n) is 5.18. The lowest BCUT2D eigenvalue weighted by molar-refractivity contribution is 0.0647. The van der Waals surface area contributed by atoms with Crippen LogP contribution >= 0.6 is 11.6 Å². The number of carbonyl (C=O) groups excluding carboxylic acids is 1. The summed E-state index contributed by atoms with van der Waals surface area (Å²) in [6.45, 7) is 8.06. The Morgan fingerprint density at radius 1 is 1.20 bits per heavy atom. The molecule has 1 aromatic carbocycles. The van der Waals surface area contributed by atoms with E-state index >= 15 is 0 Å². The van der Waals surface area contributed by atoms with E-state index < -0.39 is 0 Å². The van der Waals surface area contributed by atoms with Crippen molar-refractivity contribution in [1.29, 1.82) is 0 Å². The van der Waals surface area contributed by atoms with Gasteiger partial charge in [0.15, 0.2) is 0 Å². The van der Waals surface area contributed by atoms with Gasteiger partial charge in [-0.3, -0.25) is 4.79 Å². The minimum Gasteiger partial charge on any atom is -0.356 e. The Labute approximate surface area is 152 Å². The van der Waals surface area contributed by atoms with Gasteiger partial charge < -0.3 is 9.80 Å². The lowest BCUT2D eigenvalue weighted by Crippen LogP contribution is -2.39. The number of anilines is 1. The topological polar surface area (TPSA) is 49.3 Å². The molecule has 0 N–H and O–H groups in total. The van der Waals surface area contributed by atoms with E-state index in [9.17, 15) is 4.79 Å². The third-order valence-corrected chi connectivity index (χ3v) is 5.41. The highest BCUT2D eigenvalue weighted by Crippen LogP contribution is 2.45. The first kappa shape index (κ1) is 16.3. The van der Waals surface area contributed by atoms with Crippen LogP contribution in [0.15, 0.2) is 24.3 Å². The highest BCUT2D eigenvalue weighted by Gasteiger charge is 2.41. The van der Waals surface area contributed by atoms with Crippen molar-refractivity contribution in [3.63, 3.8) is 0 Å². The number of nitrogens with zero attached hydrogens (tertiary/aromatic N) is 4. The van der Waals surface area contributed by atoms with Crippen molar-refractivity contribution in [3.8, 4) is 0 Å². The van der Waals surface area contributed by atoms with Crippen molar-refractivity contribution >= 4 is 23.3 Å². The minimum absolute atomic E-state index is 0.0206. The molecule has 5 nitrogen and oxygen atoms in total. The molecule has 1 aromatic heterocycles. The van der Waals surface area contributed by atoms with Crippen LogP contribution in [-0.2, 0) is 0 Å². The third kappa shape index (κ3) is 2.58. The van der Waals surface area contributed by atoms with E-state index in [4.69, 9.17) is 11.6 Å². The van der Waals surface area contributed by atoms with Crippen LogP contribution in [0.3, 0.4) is 0 Å². The maximum Gasteiger partial charge on any atom is 0.254 e. The van der Waals surface area contributed by atoms with Crippen LogP contribution in [0.5, 0.6) is 0 Å². The average molecular weight is 357 g/mol. The Bertz CT molecular complexity index is 849. The maximum absolute atomic E-state index is 13.1. The zero-order valence-corrected chi connectivity index (χ0v) is 15.4. The van der Waals surface area contributed by atoms with Crippen molar-refractivity contribution in [2.45, 2.75) is 39.3 Å². The lowest BCUT2D eigenvalue weighted by atomic mass is 10.1. The van der Waals surface area contributed by atoms with Crippen molar-refractivity contribution in [3.05, 3.63) is 51.9 Å². The first-order valence-electron chi connectivity index (χ1n) is 8.69. The van der Waals surface area contributed by atoms with E-state index in [0.29, 0.717) is 10.6 Å². The summed E-state index contributed by atoms with van der Waals surface area (Å²) in [5.41, 5.74) is 2.67. The van der Waals surface area contributed by atoms with Crippen LogP contribution in [-0.4, -0.2) is 33.9 Å². The highest BCUT2D eigenvalue weighted by molar-refractivity contribution is 6.30. The van der Waals surface area contributed by atoms with Gasteiger partial charge in [-0.05, 0) is 45.4 Å². The van der Waals surface area contributed by atoms with E-state index in [2.05, 4.69) is 21.8 Å². The zero-order chi connectivity index (χ0) is 17.7. The molecule has 1 fully saturated rings. The molecule has 0 saturated carbocycles. The number of carbonyl (C=O) groups is 1. The molecule has 130 valence electrons. The second-order valence-electron chi connectivity index (χ2n) is 6.81. The summed E-state index contributed by atoms with van der Waals surface area (Å²) in [4.78, 5) is 26.7. The van der Waals surface area contributed by atoms with Gasteiger partial charge in [0.2, 0.25) is 0 Å². The Hall–Kier alpha value is -2.14. The molecule has 2 aliphatic rings. The standard InChI is InChI=1S/C19H21ClN4O/c1-11-16-17(21-13(3)22-18(16)23-8-5-9-23)12(2)24(11)19(25)14-6-4-7-15(20)10-14/h4,6-7,10-12H,5,8-9H2,1-3H3. The zero-order valence-electron chi connectivity index (χ0n) is 14.7. The quantitative estimate of drug-likeness (QED) is 0.818. The summed E-state index contributed by atoms with van der Waals surface area (Å²) in [5.74, 6) is 1.74. The SMILES string of the molecule is Cc1nc2c(c(N3CCC3)n1)C(C)N(C(=O)c1cccc(Cl)c1)C2C. The second kappa shape index (κ2) is 5.99. The number of hydrogen-bond donors (Lipinski definition) is 0. The summed E-state index contributed by atoms with van der Waals surface area (Å²) in [6, 6.07) is 6.97. The molecule has 0 aliphatic carbocycles. The van der Waals surface area contributed by atoms with E-state index in [-0.39, 0.29) is 18.0 Å². The first-order valence-corrected chi connectivity index (χ1v) is 9.06. The summed E-state index contributed by atoms with van der Waals surface area (Å²) >= 11 is 6.07. The smallest absolute Gasteiger partial charge is 0.254 e. The number of fused-ring (bicyclic) bond motifs is 1. The monoisotopic (exact) mass is 356 g/mol. The van der Waals surface area contributed by atoms with Crippen molar-refractivity contribution in [2.24, 2.45) is 0 Å². The molecule has 0 spiro atoms. The number of rotatable bonds is 2. The van der Waals surface area contributed by atoms with Crippen LogP contribution < -0.4 is 4.90 Å². The van der Waals surface area contributed by atoms with E-state index in [1.54, 1.807) is 12.1 Å². The fraction of sp³-hybridized carbons (Fsp3) is 0.421. The molecular weight excluding hydrogens is 336 g/mol. The Kier molecular flexibility index (Phi) is 3.91. The number of aromatic nitrogens is 2. The molecule has 25 heavy (non-hydrogen) atoms. The molecule has 0 bridgehead atoms. The van der Waals surface area contributed by atoms with Crippen LogP contribution in [0.2, 0.25) is 5.02 Å². The number of amides is 1. The fourth-order valence-corrected chi connectivity index (χ4v) is 3.99. The predicted octanol–water partition coefficient (Wildman–Crippen LogP) is 3.93. The van der Waals surface area contributed by atoms with Gasteiger partial charge in [0.05, 0.1) is 17.8 Å². The van der Waals surface area contributed by atoms with Gasteiger partial charge in [0.1, 0.15) is 11.6 Å². The number of aryl methyl sites for hydroxylation is 1. The van der Waals surface area contributed by atoms with Crippen LogP contribution in [0.25, 0.3) is 0 Å². The molecule has 1 amide bonds. The normalized spacial score (nSPS) is 21.9. The van der Waals surface area contributed by atoms with E-state index in [0.717, 1.165) is 36.0 Å². The molecule has 2 unspecified atom stereocenters. The van der Waals surface area contributed by atoms with E-state index in [1.165, 1.54) is 6.42 Å². The molecule has 1 saturated heterocycles. The summed E-state index contributed by atoms with van der Waals surface area (Å²) in [5, 5.41) is 0.569. The molecular formula is C19H21ClN4O. The van der Waals surface area contributed by atoms with Gasteiger partial charge in [-0.1, -0.05) is 17.7 Å². The van der Waals surface area contributed by atoms with Gasteiger partial charge in [-0.15, -0.1) is 0 Å². The van der Waals surface area contributed by atoms with Crippen LogP contribution in [0.1, 0.15) is 59.8 Å².